The monoisotopic (exact) mass is 442 g/mol. The van der Waals surface area contributed by atoms with Gasteiger partial charge in [-0.05, 0) is 31.7 Å². The van der Waals surface area contributed by atoms with Crippen LogP contribution in [0, 0.1) is 0 Å². The van der Waals surface area contributed by atoms with Gasteiger partial charge < -0.3 is 29.1 Å². The molecule has 2 aliphatic rings. The third-order valence-electron chi connectivity index (χ3n) is 6.18. The minimum absolute atomic E-state index is 0.0431. The molecule has 2 aromatic rings. The highest BCUT2D eigenvalue weighted by Crippen LogP contribution is 2.38. The summed E-state index contributed by atoms with van der Waals surface area (Å²) in [7, 11) is 9.13. The molecule has 9 nitrogen and oxygen atoms in total. The number of rotatable bonds is 5. The summed E-state index contributed by atoms with van der Waals surface area (Å²) in [6, 6.07) is 4.02. The van der Waals surface area contributed by atoms with Crippen molar-refractivity contribution in [1.82, 2.24) is 19.8 Å². The number of piperazine rings is 1. The van der Waals surface area contributed by atoms with Crippen LogP contribution in [0.15, 0.2) is 12.1 Å². The molecule has 1 aliphatic carbocycles. The summed E-state index contributed by atoms with van der Waals surface area (Å²) < 4.78 is 12.0. The van der Waals surface area contributed by atoms with Crippen LogP contribution in [-0.2, 0) is 0 Å². The van der Waals surface area contributed by atoms with Crippen molar-refractivity contribution in [3.05, 3.63) is 12.1 Å². The summed E-state index contributed by atoms with van der Waals surface area (Å²) in [5, 5.41) is 0.929. The first-order chi connectivity index (χ1) is 15.4. The van der Waals surface area contributed by atoms with Crippen LogP contribution in [0.4, 0.5) is 16.6 Å². The van der Waals surface area contributed by atoms with Gasteiger partial charge in [-0.1, -0.05) is 0 Å². The summed E-state index contributed by atoms with van der Waals surface area (Å²) in [5.41, 5.74) is 0.833. The molecule has 1 saturated carbocycles. The van der Waals surface area contributed by atoms with Gasteiger partial charge in [-0.15, -0.1) is 0 Å². The number of hydrogen-bond donors (Lipinski definition) is 0. The molecule has 32 heavy (non-hydrogen) atoms. The van der Waals surface area contributed by atoms with Crippen LogP contribution in [0.2, 0.25) is 0 Å². The number of aromatic nitrogens is 2. The van der Waals surface area contributed by atoms with Gasteiger partial charge in [0.05, 0.1) is 18.7 Å². The zero-order chi connectivity index (χ0) is 22.8. The topological polar surface area (TPSA) is 74.3 Å². The minimum Gasteiger partial charge on any atom is -0.493 e. The lowest BCUT2D eigenvalue weighted by molar-refractivity contribution is 0.168. The average Bonchev–Trinajstić information content (AvgIpc) is 3.30. The van der Waals surface area contributed by atoms with Gasteiger partial charge >= 0.3 is 6.03 Å². The van der Waals surface area contributed by atoms with Crippen LogP contribution in [0.5, 0.6) is 11.5 Å². The zero-order valence-corrected chi connectivity index (χ0v) is 19.8. The van der Waals surface area contributed by atoms with Crippen LogP contribution in [-0.4, -0.2) is 93.4 Å². The Morgan fingerprint density at radius 1 is 1.00 bits per heavy atom. The maximum absolute atomic E-state index is 12.3. The molecule has 9 heteroatoms. The van der Waals surface area contributed by atoms with Gasteiger partial charge in [0.15, 0.2) is 11.5 Å². The van der Waals surface area contributed by atoms with Crippen LogP contribution in [0.3, 0.4) is 0 Å². The fourth-order valence-corrected chi connectivity index (χ4v) is 4.38. The molecule has 0 spiro atoms. The van der Waals surface area contributed by atoms with E-state index < -0.39 is 0 Å². The second-order valence-electron chi connectivity index (χ2n) is 8.94. The average molecular weight is 443 g/mol. The van der Waals surface area contributed by atoms with E-state index in [2.05, 4.69) is 4.90 Å². The number of benzene rings is 1. The van der Waals surface area contributed by atoms with Crippen LogP contribution in [0.1, 0.15) is 25.7 Å². The van der Waals surface area contributed by atoms with Crippen molar-refractivity contribution >= 4 is 28.7 Å². The standard InChI is InChI=1S/C23H34N6O3/c1-26(2)22-24-18-15-20(32-16-8-6-7-9-16)19(31-5)14-17(18)21(25-22)28-10-12-29(13-11-28)23(30)27(3)4/h14-16H,6-13H2,1-5H3. The highest BCUT2D eigenvalue weighted by molar-refractivity contribution is 5.93. The van der Waals surface area contributed by atoms with E-state index in [1.807, 2.05) is 36.0 Å². The Morgan fingerprint density at radius 2 is 1.69 bits per heavy atom. The summed E-state index contributed by atoms with van der Waals surface area (Å²) in [5.74, 6) is 2.95. The van der Waals surface area contributed by atoms with E-state index in [0.29, 0.717) is 37.9 Å². The number of ether oxygens (including phenoxy) is 2. The first kappa shape index (κ1) is 22.2. The Hall–Kier alpha value is -2.97. The quantitative estimate of drug-likeness (QED) is 0.705. The summed E-state index contributed by atoms with van der Waals surface area (Å²) >= 11 is 0. The van der Waals surface area contributed by atoms with Crippen LogP contribution < -0.4 is 19.3 Å². The fraction of sp³-hybridized carbons (Fsp3) is 0.609. The molecule has 2 amide bonds. The van der Waals surface area contributed by atoms with Gasteiger partial charge in [0.25, 0.3) is 0 Å². The zero-order valence-electron chi connectivity index (χ0n) is 19.8. The Labute approximate surface area is 189 Å². The second-order valence-corrected chi connectivity index (χ2v) is 8.94. The molecule has 0 radical (unpaired) electrons. The maximum atomic E-state index is 12.3. The molecule has 2 fully saturated rings. The van der Waals surface area contributed by atoms with Crippen LogP contribution in [0.25, 0.3) is 10.9 Å². The largest absolute Gasteiger partial charge is 0.493 e. The van der Waals surface area contributed by atoms with Crippen molar-refractivity contribution in [1.29, 1.82) is 0 Å². The number of methoxy groups -OCH3 is 1. The smallest absolute Gasteiger partial charge is 0.319 e. The van der Waals surface area contributed by atoms with Crippen molar-refractivity contribution < 1.29 is 14.3 Å². The van der Waals surface area contributed by atoms with E-state index in [1.54, 1.807) is 26.1 Å². The SMILES string of the molecule is COc1cc2c(N3CCN(C(=O)N(C)C)CC3)nc(N(C)C)nc2cc1OC1CCCC1. The van der Waals surface area contributed by atoms with Gasteiger partial charge in [-0.25, -0.2) is 9.78 Å². The number of carbonyl (C=O) groups excluding carboxylic acids is 1. The lowest BCUT2D eigenvalue weighted by Crippen LogP contribution is -2.51. The molecule has 2 heterocycles. The first-order valence-electron chi connectivity index (χ1n) is 11.3. The molecule has 0 bridgehead atoms. The van der Waals surface area contributed by atoms with Crippen molar-refractivity contribution in [3.63, 3.8) is 0 Å². The predicted molar refractivity (Wildman–Crippen MR) is 126 cm³/mol. The highest BCUT2D eigenvalue weighted by atomic mass is 16.5. The van der Waals surface area contributed by atoms with E-state index in [9.17, 15) is 4.79 Å². The lowest BCUT2D eigenvalue weighted by atomic mass is 10.1. The number of nitrogens with zero attached hydrogens (tertiary/aromatic N) is 6. The molecule has 0 atom stereocenters. The van der Waals surface area contributed by atoms with Crippen molar-refractivity contribution in [2.45, 2.75) is 31.8 Å². The maximum Gasteiger partial charge on any atom is 0.319 e. The Balaban J connectivity index is 1.69. The Morgan fingerprint density at radius 3 is 2.28 bits per heavy atom. The molecular formula is C23H34N6O3. The molecule has 1 aromatic carbocycles. The summed E-state index contributed by atoms with van der Waals surface area (Å²) in [6.07, 6.45) is 4.81. The van der Waals surface area contributed by atoms with E-state index in [1.165, 1.54) is 12.8 Å². The number of anilines is 2. The number of hydrogen-bond acceptors (Lipinski definition) is 7. The van der Waals surface area contributed by atoms with Gasteiger partial charge in [0.2, 0.25) is 5.95 Å². The number of carbonyl (C=O) groups is 1. The van der Waals surface area contributed by atoms with Gasteiger partial charge in [0, 0.05) is 65.8 Å². The van der Waals surface area contributed by atoms with Gasteiger partial charge in [-0.2, -0.15) is 4.98 Å². The Kier molecular flexibility index (Phi) is 6.43. The predicted octanol–water partition coefficient (Wildman–Crippen LogP) is 2.83. The number of amides is 2. The molecule has 0 unspecified atom stereocenters. The van der Waals surface area contributed by atoms with E-state index >= 15 is 0 Å². The van der Waals surface area contributed by atoms with Crippen molar-refractivity contribution in [3.8, 4) is 11.5 Å². The molecular weight excluding hydrogens is 408 g/mol. The van der Waals surface area contributed by atoms with Crippen LogP contribution >= 0.6 is 0 Å². The van der Waals surface area contributed by atoms with Gasteiger partial charge in [-0.3, -0.25) is 0 Å². The van der Waals surface area contributed by atoms with Gasteiger partial charge in [0.1, 0.15) is 5.82 Å². The first-order valence-corrected chi connectivity index (χ1v) is 11.3. The molecule has 0 N–H and O–H groups in total. The third kappa shape index (κ3) is 4.47. The molecule has 4 rings (SSSR count). The normalized spacial score (nSPS) is 17.0. The second kappa shape index (κ2) is 9.26. The summed E-state index contributed by atoms with van der Waals surface area (Å²) in [4.78, 5) is 29.6. The number of fused-ring (bicyclic) bond motifs is 1. The molecule has 1 aliphatic heterocycles. The fourth-order valence-electron chi connectivity index (χ4n) is 4.38. The highest BCUT2D eigenvalue weighted by Gasteiger charge is 2.26. The minimum atomic E-state index is 0.0431. The van der Waals surface area contributed by atoms with Crippen molar-refractivity contribution in [2.75, 3.05) is 71.3 Å². The van der Waals surface area contributed by atoms with Crippen molar-refractivity contribution in [2.24, 2.45) is 0 Å². The lowest BCUT2D eigenvalue weighted by Gasteiger charge is -2.37. The third-order valence-corrected chi connectivity index (χ3v) is 6.18. The van der Waals surface area contributed by atoms with E-state index in [-0.39, 0.29) is 12.1 Å². The summed E-state index contributed by atoms with van der Waals surface area (Å²) in [6.45, 7) is 2.72. The van der Waals surface area contributed by atoms with E-state index in [0.717, 1.165) is 35.3 Å². The molecule has 1 saturated heterocycles. The number of urea groups is 1. The molecule has 1 aromatic heterocycles. The molecule has 174 valence electrons. The van der Waals surface area contributed by atoms with E-state index in [4.69, 9.17) is 19.4 Å². The Bertz CT molecular complexity index is 966.